The van der Waals surface area contributed by atoms with Crippen molar-refractivity contribution in [3.05, 3.63) is 43.2 Å². The Morgan fingerprint density at radius 1 is 1.41 bits per heavy atom. The maximum absolute atomic E-state index is 10.3. The first kappa shape index (κ1) is 13.2. The number of hydrogen-bond donors (Lipinski definition) is 2. The predicted octanol–water partition coefficient (Wildman–Crippen LogP) is 3.57. The Labute approximate surface area is 117 Å². The first-order valence-electron chi connectivity index (χ1n) is 5.28. The summed E-state index contributed by atoms with van der Waals surface area (Å²) in [7, 11) is 0. The summed E-state index contributed by atoms with van der Waals surface area (Å²) >= 11 is 6.76. The van der Waals surface area contributed by atoms with E-state index in [1.54, 1.807) is 22.7 Å². The van der Waals surface area contributed by atoms with Gasteiger partial charge in [0.2, 0.25) is 0 Å². The lowest BCUT2D eigenvalue weighted by Gasteiger charge is -2.22. The third kappa shape index (κ3) is 3.63. The van der Waals surface area contributed by atoms with Gasteiger partial charge in [0, 0.05) is 18.0 Å². The van der Waals surface area contributed by atoms with Crippen LogP contribution in [0, 0.1) is 0 Å². The van der Waals surface area contributed by atoms with Crippen LogP contribution in [0.3, 0.4) is 0 Å². The lowest BCUT2D eigenvalue weighted by Crippen LogP contribution is -2.34. The zero-order chi connectivity index (χ0) is 12.3. The van der Waals surface area contributed by atoms with Crippen molar-refractivity contribution in [2.24, 2.45) is 0 Å². The van der Waals surface area contributed by atoms with E-state index < -0.39 is 5.60 Å². The van der Waals surface area contributed by atoms with Gasteiger partial charge in [-0.3, -0.25) is 0 Å². The topological polar surface area (TPSA) is 32.3 Å². The Bertz CT molecular complexity index is 465. The van der Waals surface area contributed by atoms with E-state index in [0.717, 1.165) is 15.9 Å². The highest BCUT2D eigenvalue weighted by Gasteiger charge is 2.22. The third-order valence-electron chi connectivity index (χ3n) is 2.54. The molecule has 2 rings (SSSR count). The molecule has 0 fully saturated rings. The molecule has 0 amide bonds. The molecule has 0 radical (unpaired) electrons. The second kappa shape index (κ2) is 5.63. The van der Waals surface area contributed by atoms with Crippen molar-refractivity contribution in [3.8, 4) is 0 Å². The molecule has 17 heavy (non-hydrogen) atoms. The van der Waals surface area contributed by atoms with E-state index >= 15 is 0 Å². The van der Waals surface area contributed by atoms with E-state index in [0.29, 0.717) is 6.54 Å². The average molecular weight is 332 g/mol. The normalized spacial score (nSPS) is 14.8. The monoisotopic (exact) mass is 331 g/mol. The second-order valence-corrected chi connectivity index (χ2v) is 7.42. The van der Waals surface area contributed by atoms with Crippen molar-refractivity contribution < 1.29 is 5.11 Å². The molecule has 0 bridgehead atoms. The molecule has 0 spiro atoms. The minimum absolute atomic E-state index is 0.555. The van der Waals surface area contributed by atoms with Crippen molar-refractivity contribution in [1.29, 1.82) is 0 Å². The van der Waals surface area contributed by atoms with Gasteiger partial charge in [-0.1, -0.05) is 0 Å². The lowest BCUT2D eigenvalue weighted by atomic mass is 9.99. The lowest BCUT2D eigenvalue weighted by molar-refractivity contribution is 0.0572. The first-order chi connectivity index (χ1) is 8.08. The highest BCUT2D eigenvalue weighted by molar-refractivity contribution is 9.11. The number of aliphatic hydroxyl groups is 1. The fraction of sp³-hybridized carbons (Fsp3) is 0.333. The van der Waals surface area contributed by atoms with Crippen LogP contribution in [0.4, 0.5) is 0 Å². The van der Waals surface area contributed by atoms with Crippen LogP contribution in [-0.2, 0) is 12.1 Å². The molecule has 0 aliphatic carbocycles. The van der Waals surface area contributed by atoms with Crippen LogP contribution < -0.4 is 5.32 Å². The maximum atomic E-state index is 10.3. The molecule has 5 heteroatoms. The smallest absolute Gasteiger partial charge is 0.1000 e. The Kier molecular flexibility index (Phi) is 4.38. The molecule has 0 saturated carbocycles. The van der Waals surface area contributed by atoms with Gasteiger partial charge in [0.05, 0.1) is 9.39 Å². The molecule has 2 N–H and O–H groups in total. The van der Waals surface area contributed by atoms with Crippen LogP contribution >= 0.6 is 38.6 Å². The van der Waals surface area contributed by atoms with Gasteiger partial charge in [0.25, 0.3) is 0 Å². The number of nitrogens with one attached hydrogen (secondary N) is 1. The molecule has 92 valence electrons. The molecule has 0 saturated heterocycles. The molecule has 0 aliphatic rings. The fourth-order valence-corrected chi connectivity index (χ4v) is 3.78. The summed E-state index contributed by atoms with van der Waals surface area (Å²) in [4.78, 5) is 1.26. The molecule has 1 atom stereocenters. The van der Waals surface area contributed by atoms with Gasteiger partial charge >= 0.3 is 0 Å². The second-order valence-electron chi connectivity index (χ2n) is 4.10. The van der Waals surface area contributed by atoms with Crippen molar-refractivity contribution in [1.82, 2.24) is 5.32 Å². The molecule has 2 aromatic heterocycles. The van der Waals surface area contributed by atoms with E-state index in [1.165, 1.54) is 4.88 Å². The summed E-state index contributed by atoms with van der Waals surface area (Å²) < 4.78 is 1.14. The van der Waals surface area contributed by atoms with Crippen LogP contribution in [0.15, 0.2) is 32.7 Å². The van der Waals surface area contributed by atoms with Crippen molar-refractivity contribution in [2.75, 3.05) is 6.54 Å². The molecule has 0 aliphatic heterocycles. The van der Waals surface area contributed by atoms with E-state index in [4.69, 9.17) is 0 Å². The van der Waals surface area contributed by atoms with Crippen molar-refractivity contribution >= 4 is 38.6 Å². The number of hydrogen-bond acceptors (Lipinski definition) is 4. The summed E-state index contributed by atoms with van der Waals surface area (Å²) in [5, 5.41) is 17.6. The standard InChI is InChI=1S/C12H14BrNOS2/c1-12(15,9-4-5-16-7-9)8-14-6-10-2-3-11(13)17-10/h2-5,7,14-15H,6,8H2,1H3. The maximum Gasteiger partial charge on any atom is 0.1000 e. The van der Waals surface area contributed by atoms with Gasteiger partial charge in [-0.2, -0.15) is 11.3 Å². The van der Waals surface area contributed by atoms with Crippen LogP contribution in [-0.4, -0.2) is 11.7 Å². The first-order valence-corrected chi connectivity index (χ1v) is 7.83. The summed E-state index contributed by atoms with van der Waals surface area (Å²) in [6, 6.07) is 6.09. The Morgan fingerprint density at radius 2 is 2.24 bits per heavy atom. The number of halogens is 1. The summed E-state index contributed by atoms with van der Waals surface area (Å²) in [6.07, 6.45) is 0. The van der Waals surface area contributed by atoms with Crippen LogP contribution in [0.5, 0.6) is 0 Å². The molecule has 2 nitrogen and oxygen atoms in total. The van der Waals surface area contributed by atoms with E-state index in [1.807, 2.05) is 29.8 Å². The van der Waals surface area contributed by atoms with E-state index in [2.05, 4.69) is 27.3 Å². The van der Waals surface area contributed by atoms with Gasteiger partial charge in [-0.25, -0.2) is 0 Å². The molecule has 1 unspecified atom stereocenters. The predicted molar refractivity (Wildman–Crippen MR) is 77.6 cm³/mol. The van der Waals surface area contributed by atoms with Crippen molar-refractivity contribution in [2.45, 2.75) is 19.1 Å². The van der Waals surface area contributed by atoms with Crippen LogP contribution in [0.2, 0.25) is 0 Å². The number of thiophene rings is 2. The largest absolute Gasteiger partial charge is 0.384 e. The summed E-state index contributed by atoms with van der Waals surface area (Å²) in [6.45, 7) is 3.18. The minimum atomic E-state index is -0.797. The molecular formula is C12H14BrNOS2. The SMILES string of the molecule is CC(O)(CNCc1ccc(Br)s1)c1ccsc1. The quantitative estimate of drug-likeness (QED) is 0.877. The molecule has 2 heterocycles. The Balaban J connectivity index is 1.86. The van der Waals surface area contributed by atoms with Gasteiger partial charge in [-0.15, -0.1) is 11.3 Å². The van der Waals surface area contributed by atoms with Crippen LogP contribution in [0.1, 0.15) is 17.4 Å². The number of rotatable bonds is 5. The molecular weight excluding hydrogens is 318 g/mol. The summed E-state index contributed by atoms with van der Waals surface area (Å²) in [5.74, 6) is 0. The highest BCUT2D eigenvalue weighted by atomic mass is 79.9. The molecule has 2 aromatic rings. The zero-order valence-corrected chi connectivity index (χ0v) is 12.7. The van der Waals surface area contributed by atoms with Gasteiger partial charge in [-0.05, 0) is 57.4 Å². The Morgan fingerprint density at radius 3 is 2.82 bits per heavy atom. The Hall–Kier alpha value is -0.200. The zero-order valence-electron chi connectivity index (χ0n) is 9.44. The van der Waals surface area contributed by atoms with E-state index in [9.17, 15) is 5.11 Å². The third-order valence-corrected chi connectivity index (χ3v) is 4.85. The fourth-order valence-electron chi connectivity index (χ4n) is 1.55. The van der Waals surface area contributed by atoms with Gasteiger partial charge in [0.15, 0.2) is 0 Å². The molecule has 0 aromatic carbocycles. The van der Waals surface area contributed by atoms with Crippen LogP contribution in [0.25, 0.3) is 0 Å². The summed E-state index contributed by atoms with van der Waals surface area (Å²) in [5.41, 5.74) is 0.177. The average Bonchev–Trinajstić information content (AvgIpc) is 2.89. The van der Waals surface area contributed by atoms with Gasteiger partial charge < -0.3 is 10.4 Å². The van der Waals surface area contributed by atoms with Gasteiger partial charge in [0.1, 0.15) is 0 Å². The van der Waals surface area contributed by atoms with E-state index in [-0.39, 0.29) is 0 Å². The minimum Gasteiger partial charge on any atom is -0.384 e. The van der Waals surface area contributed by atoms with Crippen molar-refractivity contribution in [3.63, 3.8) is 0 Å². The highest BCUT2D eigenvalue weighted by Crippen LogP contribution is 2.24.